The van der Waals surface area contributed by atoms with Crippen LogP contribution in [0.3, 0.4) is 0 Å². The Kier molecular flexibility index (Phi) is 7.82. The van der Waals surface area contributed by atoms with Crippen LogP contribution < -0.4 is 20.3 Å². The highest BCUT2D eigenvalue weighted by Gasteiger charge is 2.17. The van der Waals surface area contributed by atoms with Crippen LogP contribution in [0.4, 0.5) is 5.82 Å². The second-order valence-electron chi connectivity index (χ2n) is 8.56. The minimum atomic E-state index is 0.205. The highest BCUT2D eigenvalue weighted by Crippen LogP contribution is 2.22. The normalized spacial score (nSPS) is 18.8. The van der Waals surface area contributed by atoms with Crippen LogP contribution in [-0.2, 0) is 17.8 Å². The first-order valence-electron chi connectivity index (χ1n) is 11.7. The summed E-state index contributed by atoms with van der Waals surface area (Å²) in [6, 6.07) is 10.6. The fourth-order valence-electron chi connectivity index (χ4n) is 4.14. The van der Waals surface area contributed by atoms with E-state index in [1.165, 1.54) is 18.4 Å². The lowest BCUT2D eigenvalue weighted by molar-refractivity contribution is 0.0676. The Morgan fingerprint density at radius 1 is 1.16 bits per heavy atom. The number of aromatic nitrogens is 1. The van der Waals surface area contributed by atoms with Gasteiger partial charge in [0.1, 0.15) is 18.2 Å². The number of hydrogen-bond donors (Lipinski definition) is 2. The Hall–Kier alpha value is -2.80. The van der Waals surface area contributed by atoms with E-state index < -0.39 is 0 Å². The molecule has 2 aliphatic rings. The van der Waals surface area contributed by atoms with E-state index in [-0.39, 0.29) is 6.10 Å². The van der Waals surface area contributed by atoms with Crippen LogP contribution in [0, 0.1) is 6.92 Å². The molecule has 0 amide bonds. The zero-order valence-corrected chi connectivity index (χ0v) is 19.3. The lowest BCUT2D eigenvalue weighted by Crippen LogP contribution is -2.36. The summed E-state index contributed by atoms with van der Waals surface area (Å²) >= 11 is 0. The summed E-state index contributed by atoms with van der Waals surface area (Å²) in [7, 11) is 1.79. The van der Waals surface area contributed by atoms with Crippen LogP contribution in [0.15, 0.2) is 41.5 Å². The molecule has 0 bridgehead atoms. The van der Waals surface area contributed by atoms with Gasteiger partial charge in [-0.05, 0) is 55.9 Å². The topological polar surface area (TPSA) is 71.0 Å². The summed E-state index contributed by atoms with van der Waals surface area (Å²) in [4.78, 5) is 11.3. The van der Waals surface area contributed by atoms with Crippen molar-refractivity contribution in [1.29, 1.82) is 0 Å². The molecular formula is C25H35N5O2. The molecule has 2 fully saturated rings. The molecule has 1 aromatic carbocycles. The lowest BCUT2D eigenvalue weighted by atomic mass is 10.1. The first-order chi connectivity index (χ1) is 15.7. The predicted molar refractivity (Wildman–Crippen MR) is 128 cm³/mol. The number of anilines is 1. The van der Waals surface area contributed by atoms with Crippen molar-refractivity contribution in [2.75, 3.05) is 38.3 Å². The fraction of sp³-hybridized carbons (Fsp3) is 0.520. The molecule has 4 rings (SSSR count). The smallest absolute Gasteiger partial charge is 0.191 e. The zero-order chi connectivity index (χ0) is 22.2. The largest absolute Gasteiger partial charge is 0.491 e. The Balaban J connectivity index is 1.28. The van der Waals surface area contributed by atoms with Crippen molar-refractivity contribution < 1.29 is 9.47 Å². The van der Waals surface area contributed by atoms with Gasteiger partial charge in [-0.25, -0.2) is 4.98 Å². The van der Waals surface area contributed by atoms with E-state index in [1.807, 2.05) is 6.20 Å². The minimum absolute atomic E-state index is 0.205. The average Bonchev–Trinajstić information content (AvgIpc) is 3.54. The van der Waals surface area contributed by atoms with Gasteiger partial charge >= 0.3 is 0 Å². The standard InChI is InChI=1S/C25H35N5O2/c1-19-7-9-21(23(14-19)32-18-22-6-5-13-31-22)17-29-25(26-2)28-16-20-8-10-24(27-15-20)30-11-3-4-12-30/h7-10,14-15,22H,3-6,11-13,16-18H2,1-2H3,(H2,26,28,29). The number of nitrogens with zero attached hydrogens (tertiary/aromatic N) is 3. The molecular weight excluding hydrogens is 402 g/mol. The second-order valence-corrected chi connectivity index (χ2v) is 8.56. The second kappa shape index (κ2) is 11.2. The third kappa shape index (κ3) is 6.13. The molecule has 7 nitrogen and oxygen atoms in total. The molecule has 172 valence electrons. The number of aryl methyl sites for hydroxylation is 1. The SMILES string of the molecule is CN=C(NCc1ccc(N2CCCC2)nc1)NCc1ccc(C)cc1OCC1CCCO1. The molecule has 2 N–H and O–H groups in total. The van der Waals surface area contributed by atoms with Gasteiger partial charge in [0.15, 0.2) is 5.96 Å². The molecule has 1 unspecified atom stereocenters. The number of hydrogen-bond acceptors (Lipinski definition) is 5. The summed E-state index contributed by atoms with van der Waals surface area (Å²) in [5.41, 5.74) is 3.42. The van der Waals surface area contributed by atoms with Crippen molar-refractivity contribution in [3.8, 4) is 5.75 Å². The molecule has 1 atom stereocenters. The van der Waals surface area contributed by atoms with Gasteiger partial charge in [-0.15, -0.1) is 0 Å². The van der Waals surface area contributed by atoms with Crippen molar-refractivity contribution in [3.05, 3.63) is 53.2 Å². The van der Waals surface area contributed by atoms with Crippen LogP contribution in [0.2, 0.25) is 0 Å². The molecule has 0 spiro atoms. The lowest BCUT2D eigenvalue weighted by Gasteiger charge is -2.18. The molecule has 3 heterocycles. The molecule has 2 aromatic rings. The van der Waals surface area contributed by atoms with Crippen molar-refractivity contribution >= 4 is 11.8 Å². The maximum Gasteiger partial charge on any atom is 0.191 e. The number of guanidine groups is 1. The van der Waals surface area contributed by atoms with Gasteiger partial charge in [-0.1, -0.05) is 18.2 Å². The maximum atomic E-state index is 6.11. The molecule has 0 aliphatic carbocycles. The summed E-state index contributed by atoms with van der Waals surface area (Å²) in [6.07, 6.45) is 6.87. The summed E-state index contributed by atoms with van der Waals surface area (Å²) in [6.45, 7) is 7.05. The minimum Gasteiger partial charge on any atom is -0.491 e. The van der Waals surface area contributed by atoms with E-state index in [1.54, 1.807) is 7.05 Å². The first-order valence-corrected chi connectivity index (χ1v) is 11.7. The molecule has 32 heavy (non-hydrogen) atoms. The van der Waals surface area contributed by atoms with E-state index >= 15 is 0 Å². The Bertz CT molecular complexity index is 888. The summed E-state index contributed by atoms with van der Waals surface area (Å²) in [5, 5.41) is 6.78. The maximum absolute atomic E-state index is 6.11. The van der Waals surface area contributed by atoms with Crippen LogP contribution >= 0.6 is 0 Å². The number of nitrogens with one attached hydrogen (secondary N) is 2. The van der Waals surface area contributed by atoms with E-state index in [0.29, 0.717) is 19.7 Å². The van der Waals surface area contributed by atoms with Gasteiger partial charge in [-0.2, -0.15) is 0 Å². The van der Waals surface area contributed by atoms with Crippen LogP contribution in [-0.4, -0.2) is 50.4 Å². The number of rotatable bonds is 8. The van der Waals surface area contributed by atoms with Gasteiger partial charge in [0.25, 0.3) is 0 Å². The van der Waals surface area contributed by atoms with E-state index in [9.17, 15) is 0 Å². The molecule has 1 aromatic heterocycles. The van der Waals surface area contributed by atoms with Gasteiger partial charge in [0, 0.05) is 51.6 Å². The highest BCUT2D eigenvalue weighted by molar-refractivity contribution is 5.79. The number of ether oxygens (including phenoxy) is 2. The Morgan fingerprint density at radius 2 is 2.00 bits per heavy atom. The quantitative estimate of drug-likeness (QED) is 0.487. The number of pyridine rings is 1. The van der Waals surface area contributed by atoms with E-state index in [2.05, 4.69) is 62.8 Å². The molecule has 2 aliphatic heterocycles. The van der Waals surface area contributed by atoms with Gasteiger partial charge in [0.2, 0.25) is 0 Å². The summed E-state index contributed by atoms with van der Waals surface area (Å²) in [5.74, 6) is 2.73. The monoisotopic (exact) mass is 437 g/mol. The van der Waals surface area contributed by atoms with Crippen LogP contribution in [0.5, 0.6) is 5.75 Å². The third-order valence-corrected chi connectivity index (χ3v) is 6.04. The summed E-state index contributed by atoms with van der Waals surface area (Å²) < 4.78 is 11.8. The number of benzene rings is 1. The molecule has 0 radical (unpaired) electrons. The van der Waals surface area contributed by atoms with E-state index in [0.717, 1.165) is 61.2 Å². The highest BCUT2D eigenvalue weighted by atomic mass is 16.5. The average molecular weight is 438 g/mol. The van der Waals surface area contributed by atoms with Crippen molar-refractivity contribution in [1.82, 2.24) is 15.6 Å². The van der Waals surface area contributed by atoms with Crippen LogP contribution in [0.1, 0.15) is 42.4 Å². The number of aliphatic imine (C=N–C) groups is 1. The third-order valence-electron chi connectivity index (χ3n) is 6.04. The molecule has 2 saturated heterocycles. The van der Waals surface area contributed by atoms with Gasteiger partial charge in [-0.3, -0.25) is 4.99 Å². The van der Waals surface area contributed by atoms with E-state index in [4.69, 9.17) is 9.47 Å². The Morgan fingerprint density at radius 3 is 2.72 bits per heavy atom. The Labute approximate surface area is 191 Å². The first kappa shape index (κ1) is 22.4. The van der Waals surface area contributed by atoms with Crippen molar-refractivity contribution in [3.63, 3.8) is 0 Å². The molecule has 7 heteroatoms. The van der Waals surface area contributed by atoms with Crippen molar-refractivity contribution in [2.24, 2.45) is 4.99 Å². The van der Waals surface area contributed by atoms with Crippen LogP contribution in [0.25, 0.3) is 0 Å². The predicted octanol–water partition coefficient (Wildman–Crippen LogP) is 3.41. The van der Waals surface area contributed by atoms with Gasteiger partial charge < -0.3 is 25.0 Å². The molecule has 0 saturated carbocycles. The zero-order valence-electron chi connectivity index (χ0n) is 19.3. The van der Waals surface area contributed by atoms with Crippen molar-refractivity contribution in [2.45, 2.75) is 51.8 Å². The van der Waals surface area contributed by atoms with Gasteiger partial charge in [0.05, 0.1) is 6.10 Å². The fourth-order valence-corrected chi connectivity index (χ4v) is 4.14.